The number of sulfone groups is 1. The van der Waals surface area contributed by atoms with Crippen LogP contribution in [0, 0.1) is 0 Å². The molecule has 0 saturated carbocycles. The van der Waals surface area contributed by atoms with E-state index in [2.05, 4.69) is 0 Å². The van der Waals surface area contributed by atoms with E-state index in [0.717, 1.165) is 12.0 Å². The molecule has 0 spiro atoms. The molecule has 1 aliphatic carbocycles. The van der Waals surface area contributed by atoms with Crippen molar-refractivity contribution in [1.29, 1.82) is 0 Å². The van der Waals surface area contributed by atoms with Gasteiger partial charge >= 0.3 is 0 Å². The van der Waals surface area contributed by atoms with Gasteiger partial charge in [-0.1, -0.05) is 12.5 Å². The summed E-state index contributed by atoms with van der Waals surface area (Å²) in [5, 5.41) is 0. The minimum atomic E-state index is -2.89. The summed E-state index contributed by atoms with van der Waals surface area (Å²) in [4.78, 5) is 10.9. The lowest BCUT2D eigenvalue weighted by Crippen LogP contribution is -2.10. The van der Waals surface area contributed by atoms with Gasteiger partial charge < -0.3 is 0 Å². The maximum atomic E-state index is 11.4. The van der Waals surface area contributed by atoms with Crippen molar-refractivity contribution in [3.8, 4) is 0 Å². The van der Waals surface area contributed by atoms with Crippen molar-refractivity contribution in [2.75, 3.05) is 11.5 Å². The van der Waals surface area contributed by atoms with Crippen molar-refractivity contribution in [3.05, 3.63) is 11.6 Å². The lowest BCUT2D eigenvalue weighted by atomic mass is 10.2. The van der Waals surface area contributed by atoms with Crippen LogP contribution in [0.15, 0.2) is 11.6 Å². The zero-order valence-electron chi connectivity index (χ0n) is 8.45. The Hall–Kier alpha value is -0.640. The van der Waals surface area contributed by atoms with E-state index >= 15 is 0 Å². The molecule has 1 rings (SSSR count). The van der Waals surface area contributed by atoms with Crippen molar-refractivity contribution in [2.45, 2.75) is 32.6 Å². The van der Waals surface area contributed by atoms with Crippen LogP contribution in [0.5, 0.6) is 0 Å². The second kappa shape index (κ2) is 4.73. The molecule has 0 amide bonds. The first-order valence-electron chi connectivity index (χ1n) is 4.96. The van der Waals surface area contributed by atoms with Gasteiger partial charge in [0.1, 0.15) is 0 Å². The molecule has 14 heavy (non-hydrogen) atoms. The summed E-state index contributed by atoms with van der Waals surface area (Å²) < 4.78 is 22.7. The molecule has 0 saturated heterocycles. The molecule has 3 nitrogen and oxygen atoms in total. The van der Waals surface area contributed by atoms with E-state index in [0.29, 0.717) is 19.3 Å². The molecular weight excluding hydrogens is 200 g/mol. The van der Waals surface area contributed by atoms with Gasteiger partial charge in [-0.25, -0.2) is 8.42 Å². The molecule has 0 bridgehead atoms. The molecule has 0 aliphatic heterocycles. The summed E-state index contributed by atoms with van der Waals surface area (Å²) in [6.07, 6.45) is 4.11. The van der Waals surface area contributed by atoms with E-state index in [1.54, 1.807) is 6.08 Å². The molecule has 0 atom stereocenters. The van der Waals surface area contributed by atoms with Gasteiger partial charge in [-0.15, -0.1) is 0 Å². The number of carbonyl (C=O) groups is 1. The number of hydrogen-bond acceptors (Lipinski definition) is 3. The molecule has 0 aromatic carbocycles. The molecule has 0 N–H and O–H groups in total. The van der Waals surface area contributed by atoms with Gasteiger partial charge in [0, 0.05) is 12.2 Å². The number of allylic oxidation sites excluding steroid dienone is 2. The highest BCUT2D eigenvalue weighted by Crippen LogP contribution is 2.18. The van der Waals surface area contributed by atoms with Gasteiger partial charge in [0.05, 0.1) is 5.75 Å². The molecular formula is C10H16O3S. The summed E-state index contributed by atoms with van der Waals surface area (Å²) in [7, 11) is -2.89. The van der Waals surface area contributed by atoms with Crippen LogP contribution in [0.4, 0.5) is 0 Å². The summed E-state index contributed by atoms with van der Waals surface area (Å²) >= 11 is 0. The zero-order valence-corrected chi connectivity index (χ0v) is 9.27. The molecule has 0 heterocycles. The Labute approximate surface area is 85.1 Å². The van der Waals surface area contributed by atoms with Crippen LogP contribution in [0.2, 0.25) is 0 Å². The third-order valence-corrected chi connectivity index (χ3v) is 4.16. The first kappa shape index (κ1) is 11.4. The van der Waals surface area contributed by atoms with Gasteiger partial charge in [-0.3, -0.25) is 4.79 Å². The van der Waals surface area contributed by atoms with Crippen LogP contribution in [-0.2, 0) is 14.6 Å². The predicted octanol–water partition coefficient (Wildman–Crippen LogP) is 1.49. The van der Waals surface area contributed by atoms with Crippen LogP contribution in [-0.4, -0.2) is 25.7 Å². The van der Waals surface area contributed by atoms with Crippen LogP contribution in [0.1, 0.15) is 32.6 Å². The maximum Gasteiger partial charge on any atom is 0.155 e. The van der Waals surface area contributed by atoms with Gasteiger partial charge in [0.15, 0.2) is 15.6 Å². The Kier molecular flexibility index (Phi) is 3.86. The smallest absolute Gasteiger partial charge is 0.155 e. The first-order chi connectivity index (χ1) is 6.53. The molecule has 0 aromatic rings. The highest BCUT2D eigenvalue weighted by atomic mass is 32.2. The Morgan fingerprint density at radius 1 is 1.29 bits per heavy atom. The number of hydrogen-bond donors (Lipinski definition) is 0. The summed E-state index contributed by atoms with van der Waals surface area (Å²) in [6, 6.07) is 0. The van der Waals surface area contributed by atoms with Crippen molar-refractivity contribution >= 4 is 15.6 Å². The summed E-state index contributed by atoms with van der Waals surface area (Å²) in [6.45, 7) is 1.86. The van der Waals surface area contributed by atoms with Gasteiger partial charge in [0.25, 0.3) is 0 Å². The van der Waals surface area contributed by atoms with E-state index in [4.69, 9.17) is 0 Å². The van der Waals surface area contributed by atoms with Crippen LogP contribution < -0.4 is 0 Å². The first-order valence-corrected chi connectivity index (χ1v) is 6.78. The maximum absolute atomic E-state index is 11.4. The second-order valence-electron chi connectivity index (χ2n) is 3.67. The highest BCUT2D eigenvalue weighted by Gasteiger charge is 2.15. The molecule has 1 aliphatic rings. The standard InChI is InChI=1S/C10H16O3S/c1-2-6-14(12,13)7-5-9-3-4-10(11)8-9/h8H,2-7H2,1H3. The zero-order chi connectivity index (χ0) is 10.6. The minimum Gasteiger partial charge on any atom is -0.295 e. The van der Waals surface area contributed by atoms with Crippen molar-refractivity contribution in [2.24, 2.45) is 0 Å². The molecule has 80 valence electrons. The Balaban J connectivity index is 2.41. The number of rotatable bonds is 5. The van der Waals surface area contributed by atoms with Gasteiger partial charge in [-0.05, 0) is 25.3 Å². The Bertz CT molecular complexity index is 338. The van der Waals surface area contributed by atoms with E-state index < -0.39 is 9.84 Å². The van der Waals surface area contributed by atoms with Gasteiger partial charge in [0.2, 0.25) is 0 Å². The fourth-order valence-corrected chi connectivity index (χ4v) is 2.95. The minimum absolute atomic E-state index is 0.132. The predicted molar refractivity (Wildman–Crippen MR) is 55.9 cm³/mol. The fraction of sp³-hybridized carbons (Fsp3) is 0.700. The summed E-state index contributed by atoms with van der Waals surface area (Å²) in [5.74, 6) is 0.585. The lowest BCUT2D eigenvalue weighted by Gasteiger charge is -2.02. The van der Waals surface area contributed by atoms with Crippen LogP contribution in [0.25, 0.3) is 0 Å². The Morgan fingerprint density at radius 3 is 2.50 bits per heavy atom. The molecule has 4 heteroatoms. The van der Waals surface area contributed by atoms with E-state index in [1.807, 2.05) is 6.92 Å². The largest absolute Gasteiger partial charge is 0.295 e. The quantitative estimate of drug-likeness (QED) is 0.699. The van der Waals surface area contributed by atoms with Crippen LogP contribution in [0.3, 0.4) is 0 Å². The number of carbonyl (C=O) groups excluding carboxylic acids is 1. The van der Waals surface area contributed by atoms with E-state index in [9.17, 15) is 13.2 Å². The lowest BCUT2D eigenvalue weighted by molar-refractivity contribution is -0.114. The molecule has 0 aromatic heterocycles. The third-order valence-electron chi connectivity index (χ3n) is 2.31. The Morgan fingerprint density at radius 2 is 2.00 bits per heavy atom. The van der Waals surface area contributed by atoms with E-state index in [-0.39, 0.29) is 17.3 Å². The van der Waals surface area contributed by atoms with Crippen molar-refractivity contribution in [1.82, 2.24) is 0 Å². The molecule has 0 unspecified atom stereocenters. The average Bonchev–Trinajstić information content (AvgIpc) is 2.48. The third kappa shape index (κ3) is 3.62. The average molecular weight is 216 g/mol. The monoisotopic (exact) mass is 216 g/mol. The fourth-order valence-electron chi connectivity index (χ4n) is 1.55. The van der Waals surface area contributed by atoms with Crippen molar-refractivity contribution in [3.63, 3.8) is 0 Å². The van der Waals surface area contributed by atoms with Gasteiger partial charge in [-0.2, -0.15) is 0 Å². The summed E-state index contributed by atoms with van der Waals surface area (Å²) in [5.41, 5.74) is 0.995. The van der Waals surface area contributed by atoms with E-state index in [1.165, 1.54) is 0 Å². The second-order valence-corrected chi connectivity index (χ2v) is 5.97. The normalized spacial score (nSPS) is 17.2. The highest BCUT2D eigenvalue weighted by molar-refractivity contribution is 7.91. The molecule has 0 fully saturated rings. The number of ketones is 1. The SMILES string of the molecule is CCCS(=O)(=O)CCC1=CC(=O)CC1. The van der Waals surface area contributed by atoms with Crippen molar-refractivity contribution < 1.29 is 13.2 Å². The topological polar surface area (TPSA) is 51.2 Å². The molecule has 0 radical (unpaired) electrons. The van der Waals surface area contributed by atoms with Crippen LogP contribution >= 0.6 is 0 Å².